The molecule has 6 heteroatoms. The maximum Gasteiger partial charge on any atom is 0.232 e. The van der Waals surface area contributed by atoms with Gasteiger partial charge in [0.1, 0.15) is 5.75 Å². The average molecular weight is 377 g/mol. The van der Waals surface area contributed by atoms with Gasteiger partial charge in [0.15, 0.2) is 0 Å². The number of aryl methyl sites for hydroxylation is 1. The zero-order chi connectivity index (χ0) is 19.7. The van der Waals surface area contributed by atoms with Gasteiger partial charge in [0.05, 0.1) is 18.1 Å². The van der Waals surface area contributed by atoms with Gasteiger partial charge < -0.3 is 14.2 Å². The molecule has 1 atom stereocenters. The van der Waals surface area contributed by atoms with Crippen molar-refractivity contribution in [3.63, 3.8) is 0 Å². The highest BCUT2D eigenvalue weighted by atomic mass is 16.5. The Hall–Kier alpha value is -3.15. The first-order valence-corrected chi connectivity index (χ1v) is 9.51. The highest BCUT2D eigenvalue weighted by Gasteiger charge is 2.36. The summed E-state index contributed by atoms with van der Waals surface area (Å²) in [5.74, 6) is 1.65. The Morgan fingerprint density at radius 1 is 1.18 bits per heavy atom. The quantitative estimate of drug-likeness (QED) is 0.664. The molecule has 0 radical (unpaired) electrons. The lowest BCUT2D eigenvalue weighted by Gasteiger charge is -2.19. The van der Waals surface area contributed by atoms with Gasteiger partial charge in [-0.3, -0.25) is 4.79 Å². The lowest BCUT2D eigenvalue weighted by atomic mass is 10.1. The number of carbonyl (C=O) groups is 1. The molecule has 1 amide bonds. The number of carbonyl (C=O) groups excluding carboxylic acids is 1. The SMILES string of the molecule is CCOc1ccccc1-c1noc(C2CC(=O)N(c3cccc(C)c3C)C2)n1. The third kappa shape index (κ3) is 3.26. The Morgan fingerprint density at radius 2 is 2.00 bits per heavy atom. The fourth-order valence-electron chi connectivity index (χ4n) is 3.58. The number of para-hydroxylation sites is 1. The van der Waals surface area contributed by atoms with E-state index in [4.69, 9.17) is 9.26 Å². The molecule has 3 aromatic rings. The zero-order valence-corrected chi connectivity index (χ0v) is 16.3. The summed E-state index contributed by atoms with van der Waals surface area (Å²) in [6, 6.07) is 13.6. The molecule has 2 heterocycles. The van der Waals surface area contributed by atoms with E-state index in [1.54, 1.807) is 0 Å². The van der Waals surface area contributed by atoms with Gasteiger partial charge in [-0.15, -0.1) is 0 Å². The topological polar surface area (TPSA) is 68.5 Å². The Labute approximate surface area is 164 Å². The van der Waals surface area contributed by atoms with Crippen molar-refractivity contribution in [3.05, 3.63) is 59.5 Å². The first-order chi connectivity index (χ1) is 13.6. The molecule has 0 bridgehead atoms. The second-order valence-corrected chi connectivity index (χ2v) is 7.01. The summed E-state index contributed by atoms with van der Waals surface area (Å²) in [7, 11) is 0. The van der Waals surface area contributed by atoms with E-state index in [2.05, 4.69) is 23.1 Å². The summed E-state index contributed by atoms with van der Waals surface area (Å²) in [5.41, 5.74) is 4.03. The van der Waals surface area contributed by atoms with Crippen molar-refractivity contribution in [2.75, 3.05) is 18.1 Å². The first kappa shape index (κ1) is 18.2. The van der Waals surface area contributed by atoms with E-state index in [9.17, 15) is 4.79 Å². The van der Waals surface area contributed by atoms with E-state index in [0.29, 0.717) is 31.3 Å². The number of benzene rings is 2. The monoisotopic (exact) mass is 377 g/mol. The predicted octanol–water partition coefficient (Wildman–Crippen LogP) is 4.27. The van der Waals surface area contributed by atoms with Crippen LogP contribution in [0, 0.1) is 13.8 Å². The Morgan fingerprint density at radius 3 is 2.82 bits per heavy atom. The van der Waals surface area contributed by atoms with E-state index >= 15 is 0 Å². The molecule has 2 aromatic carbocycles. The number of ether oxygens (including phenoxy) is 1. The lowest BCUT2D eigenvalue weighted by molar-refractivity contribution is -0.117. The molecule has 0 N–H and O–H groups in total. The molecule has 0 aliphatic carbocycles. The van der Waals surface area contributed by atoms with Crippen LogP contribution in [-0.4, -0.2) is 29.2 Å². The summed E-state index contributed by atoms with van der Waals surface area (Å²) < 4.78 is 11.2. The molecular formula is C22H23N3O3. The minimum atomic E-state index is -0.118. The number of hydrogen-bond acceptors (Lipinski definition) is 5. The largest absolute Gasteiger partial charge is 0.493 e. The Kier molecular flexibility index (Phi) is 4.86. The minimum absolute atomic E-state index is 0.0770. The Balaban J connectivity index is 1.59. The normalized spacial score (nSPS) is 16.6. The lowest BCUT2D eigenvalue weighted by Crippen LogP contribution is -2.25. The number of hydrogen-bond donors (Lipinski definition) is 0. The molecule has 1 fully saturated rings. The van der Waals surface area contributed by atoms with Crippen LogP contribution >= 0.6 is 0 Å². The summed E-state index contributed by atoms with van der Waals surface area (Å²) >= 11 is 0. The zero-order valence-electron chi connectivity index (χ0n) is 16.3. The van der Waals surface area contributed by atoms with Gasteiger partial charge in [-0.2, -0.15) is 4.98 Å². The smallest absolute Gasteiger partial charge is 0.232 e. The molecule has 1 unspecified atom stereocenters. The van der Waals surface area contributed by atoms with Gasteiger partial charge in [0.2, 0.25) is 17.6 Å². The molecule has 1 aromatic heterocycles. The van der Waals surface area contributed by atoms with E-state index in [-0.39, 0.29) is 11.8 Å². The molecule has 1 aliphatic heterocycles. The minimum Gasteiger partial charge on any atom is -0.493 e. The molecule has 1 saturated heterocycles. The maximum absolute atomic E-state index is 12.7. The average Bonchev–Trinajstić information content (AvgIpc) is 3.32. The van der Waals surface area contributed by atoms with Crippen molar-refractivity contribution >= 4 is 11.6 Å². The number of rotatable bonds is 5. The van der Waals surface area contributed by atoms with Crippen molar-refractivity contribution < 1.29 is 14.1 Å². The second-order valence-electron chi connectivity index (χ2n) is 7.01. The standard InChI is InChI=1S/C22H23N3O3/c1-4-27-19-11-6-5-9-17(19)21-23-22(28-24-21)16-12-20(26)25(13-16)18-10-7-8-14(2)15(18)3/h5-11,16H,4,12-13H2,1-3H3. The van der Waals surface area contributed by atoms with Crippen LogP contribution in [-0.2, 0) is 4.79 Å². The second kappa shape index (κ2) is 7.46. The highest BCUT2D eigenvalue weighted by molar-refractivity contribution is 5.97. The van der Waals surface area contributed by atoms with Crippen LogP contribution < -0.4 is 9.64 Å². The summed E-state index contributed by atoms with van der Waals surface area (Å²) in [4.78, 5) is 19.0. The van der Waals surface area contributed by atoms with Crippen molar-refractivity contribution in [2.24, 2.45) is 0 Å². The van der Waals surface area contributed by atoms with Crippen molar-refractivity contribution in [2.45, 2.75) is 33.1 Å². The van der Waals surface area contributed by atoms with Crippen LogP contribution in [0.25, 0.3) is 11.4 Å². The van der Waals surface area contributed by atoms with E-state index in [1.165, 1.54) is 5.56 Å². The molecule has 4 rings (SSSR count). The van der Waals surface area contributed by atoms with Crippen LogP contribution in [0.4, 0.5) is 5.69 Å². The number of amides is 1. The van der Waals surface area contributed by atoms with Gasteiger partial charge in [0, 0.05) is 18.7 Å². The van der Waals surface area contributed by atoms with Crippen LogP contribution in [0.3, 0.4) is 0 Å². The van der Waals surface area contributed by atoms with E-state index < -0.39 is 0 Å². The molecule has 0 saturated carbocycles. The Bertz CT molecular complexity index is 1010. The number of aromatic nitrogens is 2. The summed E-state index contributed by atoms with van der Waals surface area (Å²) in [6.45, 7) is 7.13. The maximum atomic E-state index is 12.7. The highest BCUT2D eigenvalue weighted by Crippen LogP contribution is 2.35. The van der Waals surface area contributed by atoms with Gasteiger partial charge in [-0.05, 0) is 50.1 Å². The van der Waals surface area contributed by atoms with E-state index in [0.717, 1.165) is 22.6 Å². The molecule has 6 nitrogen and oxygen atoms in total. The van der Waals surface area contributed by atoms with Crippen LogP contribution in [0.15, 0.2) is 47.0 Å². The third-order valence-electron chi connectivity index (χ3n) is 5.21. The summed E-state index contributed by atoms with van der Waals surface area (Å²) in [5, 5.41) is 4.13. The van der Waals surface area contributed by atoms with Gasteiger partial charge in [0.25, 0.3) is 0 Å². The van der Waals surface area contributed by atoms with Gasteiger partial charge >= 0.3 is 0 Å². The molecule has 0 spiro atoms. The van der Waals surface area contributed by atoms with Crippen molar-refractivity contribution in [1.29, 1.82) is 0 Å². The molecular weight excluding hydrogens is 354 g/mol. The van der Waals surface area contributed by atoms with E-state index in [1.807, 2.05) is 55.1 Å². The fourth-order valence-corrected chi connectivity index (χ4v) is 3.58. The third-order valence-corrected chi connectivity index (χ3v) is 5.21. The number of nitrogens with zero attached hydrogens (tertiary/aromatic N) is 3. The fraction of sp³-hybridized carbons (Fsp3) is 0.318. The number of anilines is 1. The molecule has 1 aliphatic rings. The molecule has 28 heavy (non-hydrogen) atoms. The van der Waals surface area contributed by atoms with Gasteiger partial charge in [-0.25, -0.2) is 0 Å². The van der Waals surface area contributed by atoms with Gasteiger partial charge in [-0.1, -0.05) is 29.4 Å². The van der Waals surface area contributed by atoms with Crippen molar-refractivity contribution in [3.8, 4) is 17.1 Å². The summed E-state index contributed by atoms with van der Waals surface area (Å²) in [6.07, 6.45) is 0.363. The first-order valence-electron chi connectivity index (χ1n) is 9.51. The van der Waals surface area contributed by atoms with Crippen LogP contribution in [0.1, 0.15) is 36.3 Å². The predicted molar refractivity (Wildman–Crippen MR) is 107 cm³/mol. The van der Waals surface area contributed by atoms with Crippen LogP contribution in [0.5, 0.6) is 5.75 Å². The van der Waals surface area contributed by atoms with Crippen LogP contribution in [0.2, 0.25) is 0 Å². The molecule has 144 valence electrons. The van der Waals surface area contributed by atoms with Crippen molar-refractivity contribution in [1.82, 2.24) is 10.1 Å².